The zero-order valence-corrected chi connectivity index (χ0v) is 13.5. The summed E-state index contributed by atoms with van der Waals surface area (Å²) in [6, 6.07) is 5.76. The Morgan fingerprint density at radius 3 is 2.81 bits per heavy atom. The molecule has 0 atom stereocenters. The maximum absolute atomic E-state index is 9.40. The van der Waals surface area contributed by atoms with Crippen molar-refractivity contribution in [3.8, 4) is 5.75 Å². The highest BCUT2D eigenvalue weighted by Gasteiger charge is 2.07. The van der Waals surface area contributed by atoms with Crippen molar-refractivity contribution in [3.05, 3.63) is 39.8 Å². The van der Waals surface area contributed by atoms with Crippen molar-refractivity contribution in [2.75, 3.05) is 11.9 Å². The van der Waals surface area contributed by atoms with Crippen LogP contribution in [0.2, 0.25) is 0 Å². The van der Waals surface area contributed by atoms with Crippen LogP contribution in [-0.4, -0.2) is 16.7 Å². The highest BCUT2D eigenvalue weighted by atomic mass is 32.1. The molecule has 0 saturated heterocycles. The molecule has 1 aromatic carbocycles. The Balaban J connectivity index is 2.02. The zero-order chi connectivity index (χ0) is 15.2. The molecule has 0 unspecified atom stereocenters. The largest absolute Gasteiger partial charge is 0.494 e. The quantitative estimate of drug-likeness (QED) is 0.817. The summed E-state index contributed by atoms with van der Waals surface area (Å²) in [6.45, 7) is 7.48. The predicted molar refractivity (Wildman–Crippen MR) is 87.1 cm³/mol. The van der Waals surface area contributed by atoms with Gasteiger partial charge < -0.3 is 15.2 Å². The number of anilines is 1. The summed E-state index contributed by atoms with van der Waals surface area (Å²) in [4.78, 5) is 4.60. The van der Waals surface area contributed by atoms with Crippen LogP contribution < -0.4 is 10.1 Å². The molecule has 0 aliphatic rings. The van der Waals surface area contributed by atoms with Gasteiger partial charge >= 0.3 is 0 Å². The fourth-order valence-corrected chi connectivity index (χ4v) is 2.81. The van der Waals surface area contributed by atoms with Gasteiger partial charge in [-0.3, -0.25) is 0 Å². The van der Waals surface area contributed by atoms with Gasteiger partial charge in [0.15, 0.2) is 0 Å². The fraction of sp³-hybridized carbons (Fsp3) is 0.438. The first-order valence-electron chi connectivity index (χ1n) is 7.18. The maximum Gasteiger partial charge on any atom is 0.124 e. The van der Waals surface area contributed by atoms with Crippen LogP contribution in [-0.2, 0) is 13.2 Å². The highest BCUT2D eigenvalue weighted by Crippen LogP contribution is 2.24. The number of nitrogens with zero attached hydrogens (tertiary/aromatic N) is 1. The number of aliphatic hydroxyl groups is 1. The van der Waals surface area contributed by atoms with Gasteiger partial charge in [0.1, 0.15) is 5.75 Å². The Hall–Kier alpha value is -1.59. The van der Waals surface area contributed by atoms with E-state index < -0.39 is 0 Å². The Labute approximate surface area is 129 Å². The molecule has 0 fully saturated rings. The molecular formula is C16H22N2O2S. The number of hydrogen-bond donors (Lipinski definition) is 2. The van der Waals surface area contributed by atoms with Crippen molar-refractivity contribution >= 4 is 17.0 Å². The monoisotopic (exact) mass is 306 g/mol. The molecule has 114 valence electrons. The number of aliphatic hydroxyl groups excluding tert-OH is 1. The second-order valence-electron chi connectivity index (χ2n) is 5.10. The van der Waals surface area contributed by atoms with Crippen LogP contribution in [0.5, 0.6) is 5.75 Å². The number of nitrogens with one attached hydrogen (secondary N) is 1. The van der Waals surface area contributed by atoms with Gasteiger partial charge in [-0.25, -0.2) is 4.98 Å². The van der Waals surface area contributed by atoms with E-state index >= 15 is 0 Å². The van der Waals surface area contributed by atoms with Crippen molar-refractivity contribution in [2.45, 2.75) is 39.8 Å². The molecule has 1 aromatic heterocycles. The minimum atomic E-state index is -0.0287. The summed E-state index contributed by atoms with van der Waals surface area (Å²) < 4.78 is 5.48. The Bertz CT molecular complexity index is 581. The number of hydrogen-bond acceptors (Lipinski definition) is 5. The summed E-state index contributed by atoms with van der Waals surface area (Å²) in [7, 11) is 0. The molecule has 0 bridgehead atoms. The van der Waals surface area contributed by atoms with E-state index in [0.29, 0.717) is 19.1 Å². The van der Waals surface area contributed by atoms with Gasteiger partial charge in [-0.15, -0.1) is 11.3 Å². The van der Waals surface area contributed by atoms with E-state index in [1.807, 2.05) is 25.1 Å². The number of aromatic nitrogens is 1. The van der Waals surface area contributed by atoms with Gasteiger partial charge in [-0.2, -0.15) is 0 Å². The molecule has 0 aliphatic carbocycles. The molecule has 2 aromatic rings. The summed E-state index contributed by atoms with van der Waals surface area (Å²) in [5, 5.41) is 16.0. The third kappa shape index (κ3) is 4.19. The van der Waals surface area contributed by atoms with Crippen molar-refractivity contribution < 1.29 is 9.84 Å². The molecule has 2 rings (SSSR count). The van der Waals surface area contributed by atoms with E-state index in [0.717, 1.165) is 27.7 Å². The second-order valence-corrected chi connectivity index (χ2v) is 5.99. The first-order chi connectivity index (χ1) is 10.1. The fourth-order valence-electron chi connectivity index (χ4n) is 1.97. The van der Waals surface area contributed by atoms with Gasteiger partial charge in [-0.05, 0) is 25.1 Å². The number of thiazole rings is 1. The van der Waals surface area contributed by atoms with Gasteiger partial charge in [0.25, 0.3) is 0 Å². The number of rotatable bonds is 7. The van der Waals surface area contributed by atoms with E-state index in [2.05, 4.69) is 29.5 Å². The number of ether oxygens (including phenoxy) is 1. The SMILES string of the molecule is CCOc1ccc(NCc2csc(C(C)C)n2)cc1CO. The van der Waals surface area contributed by atoms with Crippen LogP contribution in [0.4, 0.5) is 5.69 Å². The molecule has 1 heterocycles. The van der Waals surface area contributed by atoms with Crippen molar-refractivity contribution in [3.63, 3.8) is 0 Å². The van der Waals surface area contributed by atoms with E-state index in [4.69, 9.17) is 4.74 Å². The van der Waals surface area contributed by atoms with Crippen LogP contribution in [0.25, 0.3) is 0 Å². The maximum atomic E-state index is 9.40. The lowest BCUT2D eigenvalue weighted by molar-refractivity contribution is 0.267. The van der Waals surface area contributed by atoms with Crippen LogP contribution in [0.15, 0.2) is 23.6 Å². The molecule has 0 saturated carbocycles. The standard InChI is InChI=1S/C16H22N2O2S/c1-4-20-15-6-5-13(7-12(15)9-19)17-8-14-10-21-16(18-14)11(2)3/h5-7,10-11,17,19H,4,8-9H2,1-3H3. The summed E-state index contributed by atoms with van der Waals surface area (Å²) in [6.07, 6.45) is 0. The molecule has 0 spiro atoms. The number of benzene rings is 1. The lowest BCUT2D eigenvalue weighted by atomic mass is 10.2. The average molecular weight is 306 g/mol. The summed E-state index contributed by atoms with van der Waals surface area (Å²) in [5.41, 5.74) is 2.80. The molecular weight excluding hydrogens is 284 g/mol. The molecule has 2 N–H and O–H groups in total. The Morgan fingerprint density at radius 2 is 2.19 bits per heavy atom. The third-order valence-electron chi connectivity index (χ3n) is 3.07. The van der Waals surface area contributed by atoms with E-state index in [9.17, 15) is 5.11 Å². The molecule has 0 aliphatic heterocycles. The minimum Gasteiger partial charge on any atom is -0.494 e. The van der Waals surface area contributed by atoms with E-state index in [-0.39, 0.29) is 6.61 Å². The van der Waals surface area contributed by atoms with Gasteiger partial charge in [-0.1, -0.05) is 13.8 Å². The lowest BCUT2D eigenvalue weighted by Gasteiger charge is -2.11. The van der Waals surface area contributed by atoms with Gasteiger partial charge in [0.05, 0.1) is 30.5 Å². The summed E-state index contributed by atoms with van der Waals surface area (Å²) >= 11 is 1.70. The van der Waals surface area contributed by atoms with E-state index in [1.165, 1.54) is 0 Å². The topological polar surface area (TPSA) is 54.4 Å². The predicted octanol–water partition coefficient (Wildman–Crippen LogP) is 3.77. The van der Waals surface area contributed by atoms with Crippen LogP contribution >= 0.6 is 11.3 Å². The van der Waals surface area contributed by atoms with Crippen molar-refractivity contribution in [1.29, 1.82) is 0 Å². The Kier molecular flexibility index (Phi) is 5.59. The van der Waals surface area contributed by atoms with Crippen LogP contribution in [0, 0.1) is 0 Å². The van der Waals surface area contributed by atoms with Crippen LogP contribution in [0.1, 0.15) is 43.0 Å². The smallest absolute Gasteiger partial charge is 0.124 e. The molecule has 0 amide bonds. The van der Waals surface area contributed by atoms with Gasteiger partial charge in [0, 0.05) is 22.5 Å². The lowest BCUT2D eigenvalue weighted by Crippen LogP contribution is -2.02. The summed E-state index contributed by atoms with van der Waals surface area (Å²) in [5.74, 6) is 1.21. The minimum absolute atomic E-state index is 0.0287. The van der Waals surface area contributed by atoms with Crippen molar-refractivity contribution in [1.82, 2.24) is 4.98 Å². The van der Waals surface area contributed by atoms with Crippen molar-refractivity contribution in [2.24, 2.45) is 0 Å². The third-order valence-corrected chi connectivity index (χ3v) is 4.26. The van der Waals surface area contributed by atoms with Gasteiger partial charge in [0.2, 0.25) is 0 Å². The molecule has 5 heteroatoms. The zero-order valence-electron chi connectivity index (χ0n) is 12.7. The normalized spacial score (nSPS) is 10.9. The average Bonchev–Trinajstić information content (AvgIpc) is 2.95. The first kappa shape index (κ1) is 15.8. The molecule has 0 radical (unpaired) electrons. The van der Waals surface area contributed by atoms with Crippen LogP contribution in [0.3, 0.4) is 0 Å². The molecule has 21 heavy (non-hydrogen) atoms. The second kappa shape index (κ2) is 7.43. The Morgan fingerprint density at radius 1 is 1.38 bits per heavy atom. The van der Waals surface area contributed by atoms with E-state index in [1.54, 1.807) is 11.3 Å². The first-order valence-corrected chi connectivity index (χ1v) is 8.06. The molecule has 4 nitrogen and oxygen atoms in total. The highest BCUT2D eigenvalue weighted by molar-refractivity contribution is 7.09.